The summed E-state index contributed by atoms with van der Waals surface area (Å²) in [5, 5.41) is 3.42. The van der Waals surface area contributed by atoms with Crippen molar-refractivity contribution in [2.45, 2.75) is 30.9 Å². The van der Waals surface area contributed by atoms with Gasteiger partial charge >= 0.3 is 0 Å². The lowest BCUT2D eigenvalue weighted by Crippen LogP contribution is -2.43. The van der Waals surface area contributed by atoms with Gasteiger partial charge in [0.25, 0.3) is 0 Å². The fourth-order valence-electron chi connectivity index (χ4n) is 3.34. The van der Waals surface area contributed by atoms with Gasteiger partial charge in [0, 0.05) is 31.2 Å². The highest BCUT2D eigenvalue weighted by Gasteiger charge is 2.43. The molecule has 2 aliphatic heterocycles. The van der Waals surface area contributed by atoms with Gasteiger partial charge in [0.1, 0.15) is 0 Å². The van der Waals surface area contributed by atoms with Gasteiger partial charge in [0.05, 0.1) is 24.7 Å². The van der Waals surface area contributed by atoms with Crippen molar-refractivity contribution in [3.05, 3.63) is 24.2 Å². The van der Waals surface area contributed by atoms with E-state index in [4.69, 9.17) is 13.9 Å². The summed E-state index contributed by atoms with van der Waals surface area (Å²) in [6, 6.07) is 2.40. The minimum atomic E-state index is -0.0260. The largest absolute Gasteiger partial charge is 0.472 e. The molecule has 0 amide bonds. The molecule has 0 radical (unpaired) electrons. The fourth-order valence-corrected chi connectivity index (χ4v) is 3.34. The number of hydrogen-bond donors (Lipinski definition) is 1. The molecular weight excluding hydrogens is 230 g/mol. The summed E-state index contributed by atoms with van der Waals surface area (Å²) in [5.74, 6) is 0.586. The summed E-state index contributed by atoms with van der Waals surface area (Å²) in [4.78, 5) is 0. The second-order valence-corrected chi connectivity index (χ2v) is 5.41. The van der Waals surface area contributed by atoms with Crippen LogP contribution in [0.2, 0.25) is 0 Å². The molecule has 18 heavy (non-hydrogen) atoms. The Labute approximate surface area is 108 Å². The van der Waals surface area contributed by atoms with Crippen LogP contribution in [-0.4, -0.2) is 32.5 Å². The molecule has 3 rings (SSSR count). The topological polar surface area (TPSA) is 43.6 Å². The van der Waals surface area contributed by atoms with Crippen LogP contribution in [0.15, 0.2) is 23.0 Å². The highest BCUT2D eigenvalue weighted by atomic mass is 16.6. The van der Waals surface area contributed by atoms with Crippen LogP contribution in [0.1, 0.15) is 30.9 Å². The Kier molecular flexibility index (Phi) is 3.41. The van der Waals surface area contributed by atoms with Crippen LogP contribution in [0.5, 0.6) is 0 Å². The Hall–Kier alpha value is -0.840. The van der Waals surface area contributed by atoms with Gasteiger partial charge in [-0.25, -0.2) is 0 Å². The van der Waals surface area contributed by atoms with E-state index in [1.807, 2.05) is 13.3 Å². The predicted molar refractivity (Wildman–Crippen MR) is 67.4 cm³/mol. The average Bonchev–Trinajstić information content (AvgIpc) is 3.03. The van der Waals surface area contributed by atoms with Crippen molar-refractivity contribution in [2.75, 3.05) is 26.9 Å². The number of rotatable bonds is 3. The van der Waals surface area contributed by atoms with E-state index in [2.05, 4.69) is 11.4 Å². The molecule has 1 aromatic heterocycles. The van der Waals surface area contributed by atoms with Gasteiger partial charge in [-0.1, -0.05) is 0 Å². The second-order valence-electron chi connectivity index (χ2n) is 5.41. The number of ether oxygens (including phenoxy) is 2. The number of hydrogen-bond acceptors (Lipinski definition) is 4. The third-order valence-electron chi connectivity index (χ3n) is 4.28. The predicted octanol–water partition coefficient (Wildman–Crippen LogP) is 2.13. The summed E-state index contributed by atoms with van der Waals surface area (Å²) < 4.78 is 16.7. The molecule has 3 atom stereocenters. The molecule has 0 aromatic carbocycles. The van der Waals surface area contributed by atoms with Crippen molar-refractivity contribution in [3.63, 3.8) is 0 Å². The molecule has 1 N–H and O–H groups in total. The Morgan fingerprint density at radius 1 is 1.44 bits per heavy atom. The maximum atomic E-state index is 5.99. The SMILES string of the molecule is CNC(c1ccoc1)C1CCOC2(CCOC2)C1. The zero-order chi connectivity index (χ0) is 12.4. The quantitative estimate of drug-likeness (QED) is 0.893. The van der Waals surface area contributed by atoms with Crippen molar-refractivity contribution >= 4 is 0 Å². The Morgan fingerprint density at radius 2 is 2.39 bits per heavy atom. The number of furan rings is 1. The van der Waals surface area contributed by atoms with Crippen molar-refractivity contribution in [2.24, 2.45) is 5.92 Å². The van der Waals surface area contributed by atoms with Gasteiger partial charge in [-0.2, -0.15) is 0 Å². The number of nitrogens with one attached hydrogen (secondary N) is 1. The molecule has 0 bridgehead atoms. The zero-order valence-electron chi connectivity index (χ0n) is 10.9. The van der Waals surface area contributed by atoms with Crippen LogP contribution in [0, 0.1) is 5.92 Å². The van der Waals surface area contributed by atoms with Crippen LogP contribution in [0.4, 0.5) is 0 Å². The molecule has 4 heteroatoms. The highest BCUT2D eigenvalue weighted by molar-refractivity contribution is 5.13. The van der Waals surface area contributed by atoms with E-state index in [-0.39, 0.29) is 5.60 Å². The van der Waals surface area contributed by atoms with Crippen molar-refractivity contribution < 1.29 is 13.9 Å². The monoisotopic (exact) mass is 251 g/mol. The van der Waals surface area contributed by atoms with Crippen LogP contribution >= 0.6 is 0 Å². The van der Waals surface area contributed by atoms with Crippen LogP contribution < -0.4 is 5.32 Å². The first-order chi connectivity index (χ1) is 8.83. The van der Waals surface area contributed by atoms with E-state index in [0.717, 1.165) is 39.1 Å². The first-order valence-electron chi connectivity index (χ1n) is 6.74. The first kappa shape index (κ1) is 12.2. The minimum absolute atomic E-state index is 0.0260. The maximum Gasteiger partial charge on any atom is 0.0950 e. The van der Waals surface area contributed by atoms with Gasteiger partial charge < -0.3 is 19.2 Å². The van der Waals surface area contributed by atoms with Gasteiger partial charge in [-0.3, -0.25) is 0 Å². The molecule has 2 saturated heterocycles. The molecule has 0 aliphatic carbocycles. The lowest BCUT2D eigenvalue weighted by atomic mass is 9.79. The molecule has 3 unspecified atom stereocenters. The third kappa shape index (κ3) is 2.20. The lowest BCUT2D eigenvalue weighted by Gasteiger charge is -2.40. The second kappa shape index (κ2) is 5.03. The van der Waals surface area contributed by atoms with Crippen molar-refractivity contribution in [1.82, 2.24) is 5.32 Å². The smallest absolute Gasteiger partial charge is 0.0950 e. The lowest BCUT2D eigenvalue weighted by molar-refractivity contribution is -0.103. The fraction of sp³-hybridized carbons (Fsp3) is 0.714. The third-order valence-corrected chi connectivity index (χ3v) is 4.28. The van der Waals surface area contributed by atoms with E-state index < -0.39 is 0 Å². The molecule has 100 valence electrons. The van der Waals surface area contributed by atoms with Gasteiger partial charge in [0.15, 0.2) is 0 Å². The Morgan fingerprint density at radius 3 is 3.06 bits per heavy atom. The van der Waals surface area contributed by atoms with Crippen LogP contribution in [0.3, 0.4) is 0 Å². The molecule has 1 spiro atoms. The van der Waals surface area contributed by atoms with Gasteiger partial charge in [-0.05, 0) is 31.9 Å². The van der Waals surface area contributed by atoms with Crippen LogP contribution in [0.25, 0.3) is 0 Å². The van der Waals surface area contributed by atoms with E-state index in [1.165, 1.54) is 5.56 Å². The summed E-state index contributed by atoms with van der Waals surface area (Å²) in [7, 11) is 2.02. The van der Waals surface area contributed by atoms with E-state index in [0.29, 0.717) is 12.0 Å². The molecule has 2 aliphatic rings. The standard InChI is InChI=1S/C14H21NO3/c1-15-13(12-2-5-16-9-12)11-3-6-18-14(8-11)4-7-17-10-14/h2,5,9,11,13,15H,3-4,6-8,10H2,1H3. The molecule has 3 heterocycles. The van der Waals surface area contributed by atoms with Gasteiger partial charge in [0.2, 0.25) is 0 Å². The molecular formula is C14H21NO3. The summed E-state index contributed by atoms with van der Waals surface area (Å²) in [6.07, 6.45) is 6.79. The first-order valence-corrected chi connectivity index (χ1v) is 6.74. The summed E-state index contributed by atoms with van der Waals surface area (Å²) in [5.41, 5.74) is 1.21. The summed E-state index contributed by atoms with van der Waals surface area (Å²) in [6.45, 7) is 2.43. The van der Waals surface area contributed by atoms with E-state index in [9.17, 15) is 0 Å². The van der Waals surface area contributed by atoms with E-state index in [1.54, 1.807) is 6.26 Å². The van der Waals surface area contributed by atoms with Gasteiger partial charge in [-0.15, -0.1) is 0 Å². The minimum Gasteiger partial charge on any atom is -0.472 e. The highest BCUT2D eigenvalue weighted by Crippen LogP contribution is 2.40. The average molecular weight is 251 g/mol. The molecule has 2 fully saturated rings. The molecule has 1 aromatic rings. The van der Waals surface area contributed by atoms with Crippen LogP contribution in [-0.2, 0) is 9.47 Å². The van der Waals surface area contributed by atoms with Crippen molar-refractivity contribution in [3.8, 4) is 0 Å². The van der Waals surface area contributed by atoms with E-state index >= 15 is 0 Å². The zero-order valence-corrected chi connectivity index (χ0v) is 10.9. The molecule has 4 nitrogen and oxygen atoms in total. The Bertz CT molecular complexity index is 370. The normalized spacial score (nSPS) is 33.9. The maximum absolute atomic E-state index is 5.99. The summed E-state index contributed by atoms with van der Waals surface area (Å²) >= 11 is 0. The Balaban J connectivity index is 1.74. The molecule has 0 saturated carbocycles. The van der Waals surface area contributed by atoms with Crippen molar-refractivity contribution in [1.29, 1.82) is 0 Å².